The number of nitrogens with one attached hydrogen (secondary N) is 1. The number of carboxylic acids is 1. The van der Waals surface area contributed by atoms with Crippen LogP contribution < -0.4 is 11.1 Å². The molecule has 2 saturated heterocycles. The number of aliphatic carboxylic acids is 1. The van der Waals surface area contributed by atoms with Crippen LogP contribution >= 0.6 is 0 Å². The van der Waals surface area contributed by atoms with Crippen molar-refractivity contribution >= 4 is 11.9 Å². The predicted molar refractivity (Wildman–Crippen MR) is 99.6 cm³/mol. The summed E-state index contributed by atoms with van der Waals surface area (Å²) in [6.45, 7) is -0.881. The molecule has 11 atom stereocenters. The molecule has 0 saturated carbocycles. The van der Waals surface area contributed by atoms with Crippen molar-refractivity contribution < 1.29 is 64.3 Å². The molecule has 2 aliphatic heterocycles. The van der Waals surface area contributed by atoms with Crippen LogP contribution in [-0.2, 0) is 28.5 Å². The standard InChI is InChI=1S/C17H30N2O13/c1-5(22)19-9-14(32-17-13(26)12(25)10(23)7(2-20)31-17)11(24)8(3-21)30-16(9)29-4-6(18)15(27)28/h6-14,16-17,20-21,23-26H,2-4,18H2,1H3,(H,19,22)(H,27,28)/t6?,7?,8?,9-,10?,11?,12+,13-,14-,16-,17-/m0/s1. The number of carbonyl (C=O) groups is 2. The van der Waals surface area contributed by atoms with Crippen LogP contribution in [0.5, 0.6) is 0 Å². The molecule has 2 aliphatic rings. The number of nitrogens with two attached hydrogens (primary N) is 1. The third kappa shape index (κ3) is 6.09. The molecule has 0 aromatic heterocycles. The van der Waals surface area contributed by atoms with Crippen LogP contribution in [0.25, 0.3) is 0 Å². The summed E-state index contributed by atoms with van der Waals surface area (Å²) in [5.74, 6) is -1.99. The first kappa shape index (κ1) is 26.7. The number of hydrogen-bond acceptors (Lipinski definition) is 13. The summed E-state index contributed by atoms with van der Waals surface area (Å²) >= 11 is 0. The maximum Gasteiger partial charge on any atom is 0.322 e. The van der Waals surface area contributed by atoms with Gasteiger partial charge in [0.1, 0.15) is 54.8 Å². The smallest absolute Gasteiger partial charge is 0.322 e. The molecule has 15 nitrogen and oxygen atoms in total. The van der Waals surface area contributed by atoms with Crippen molar-refractivity contribution in [1.82, 2.24) is 5.32 Å². The van der Waals surface area contributed by atoms with Gasteiger partial charge < -0.3 is 65.7 Å². The molecule has 2 rings (SSSR count). The molecule has 2 heterocycles. The summed E-state index contributed by atoms with van der Waals surface area (Å²) in [5.41, 5.74) is 5.41. The number of ether oxygens (including phenoxy) is 4. The first-order valence-corrected chi connectivity index (χ1v) is 9.79. The Hall–Kier alpha value is -1.50. The zero-order chi connectivity index (χ0) is 24.2. The maximum atomic E-state index is 11.7. The summed E-state index contributed by atoms with van der Waals surface area (Å²) < 4.78 is 21.6. The summed E-state index contributed by atoms with van der Waals surface area (Å²) in [4.78, 5) is 22.7. The van der Waals surface area contributed by atoms with Crippen LogP contribution in [-0.4, -0.2) is 135 Å². The lowest BCUT2D eigenvalue weighted by molar-refractivity contribution is -0.344. The number of carbonyl (C=O) groups excluding carboxylic acids is 1. The second-order valence-electron chi connectivity index (χ2n) is 7.52. The fourth-order valence-corrected chi connectivity index (χ4v) is 3.36. The molecule has 32 heavy (non-hydrogen) atoms. The Balaban J connectivity index is 2.28. The first-order valence-electron chi connectivity index (χ1n) is 9.79. The minimum atomic E-state index is -1.81. The van der Waals surface area contributed by atoms with E-state index in [2.05, 4.69) is 5.32 Å². The van der Waals surface area contributed by atoms with Crippen molar-refractivity contribution in [2.45, 2.75) is 74.3 Å². The normalized spacial score (nSPS) is 41.1. The Kier molecular flexibility index (Phi) is 9.68. The van der Waals surface area contributed by atoms with Gasteiger partial charge in [-0.2, -0.15) is 0 Å². The van der Waals surface area contributed by atoms with Crippen molar-refractivity contribution in [2.75, 3.05) is 19.8 Å². The van der Waals surface area contributed by atoms with E-state index in [0.717, 1.165) is 6.92 Å². The second kappa shape index (κ2) is 11.6. The van der Waals surface area contributed by atoms with E-state index in [-0.39, 0.29) is 0 Å². The van der Waals surface area contributed by atoms with Gasteiger partial charge in [-0.3, -0.25) is 9.59 Å². The highest BCUT2D eigenvalue weighted by atomic mass is 16.7. The van der Waals surface area contributed by atoms with Crippen LogP contribution in [0.2, 0.25) is 0 Å². The molecule has 0 spiro atoms. The van der Waals surface area contributed by atoms with Gasteiger partial charge in [0.05, 0.1) is 19.8 Å². The van der Waals surface area contributed by atoms with Gasteiger partial charge in [0.2, 0.25) is 5.91 Å². The Morgan fingerprint density at radius 2 is 1.53 bits per heavy atom. The van der Waals surface area contributed by atoms with E-state index in [0.29, 0.717) is 0 Å². The quantitative estimate of drug-likeness (QED) is 0.152. The molecular formula is C17H30N2O13. The Morgan fingerprint density at radius 3 is 2.06 bits per heavy atom. The molecule has 0 aromatic carbocycles. The Labute approximate surface area is 182 Å². The van der Waals surface area contributed by atoms with Crippen LogP contribution in [0.3, 0.4) is 0 Å². The van der Waals surface area contributed by atoms with Crippen molar-refractivity contribution in [3.8, 4) is 0 Å². The molecule has 2 fully saturated rings. The van der Waals surface area contributed by atoms with Crippen LogP contribution in [0.15, 0.2) is 0 Å². The number of aliphatic hydroxyl groups excluding tert-OH is 6. The minimum absolute atomic E-state index is 0.558. The van der Waals surface area contributed by atoms with E-state index in [9.17, 15) is 40.2 Å². The van der Waals surface area contributed by atoms with Gasteiger partial charge in [-0.1, -0.05) is 0 Å². The number of hydrogen-bond donors (Lipinski definition) is 9. The lowest BCUT2D eigenvalue weighted by Gasteiger charge is -2.47. The molecule has 0 aliphatic carbocycles. The van der Waals surface area contributed by atoms with E-state index < -0.39 is 99.1 Å². The van der Waals surface area contributed by atoms with E-state index in [1.807, 2.05) is 0 Å². The van der Waals surface area contributed by atoms with Crippen molar-refractivity contribution in [2.24, 2.45) is 5.73 Å². The van der Waals surface area contributed by atoms with Gasteiger partial charge in [0, 0.05) is 6.92 Å². The fraction of sp³-hybridized carbons (Fsp3) is 0.882. The van der Waals surface area contributed by atoms with Crippen molar-refractivity contribution in [3.63, 3.8) is 0 Å². The van der Waals surface area contributed by atoms with Gasteiger partial charge in [0.15, 0.2) is 12.6 Å². The lowest BCUT2D eigenvalue weighted by Crippen LogP contribution is -2.68. The second-order valence-corrected chi connectivity index (χ2v) is 7.52. The van der Waals surface area contributed by atoms with Gasteiger partial charge in [0.25, 0.3) is 0 Å². The number of aliphatic hydroxyl groups is 6. The molecule has 1 amide bonds. The summed E-state index contributed by atoms with van der Waals surface area (Å²) in [5, 5.41) is 70.9. The number of carboxylic acid groups (broad SMARTS) is 1. The topological polar surface area (TPSA) is 251 Å². The van der Waals surface area contributed by atoms with E-state index in [4.69, 9.17) is 29.8 Å². The number of amides is 1. The molecule has 186 valence electrons. The third-order valence-corrected chi connectivity index (χ3v) is 5.12. The SMILES string of the molecule is CC(=O)N[C@@H]1[C@@H](OCC(N)C(=O)O)OC(CO)C(O)[C@H]1O[C@@H]1OC(CO)C(O)[C@@H](O)[C@@H]1O. The molecule has 0 bridgehead atoms. The highest BCUT2D eigenvalue weighted by molar-refractivity contribution is 5.73. The molecular weight excluding hydrogens is 440 g/mol. The van der Waals surface area contributed by atoms with E-state index in [1.165, 1.54) is 0 Å². The largest absolute Gasteiger partial charge is 0.480 e. The van der Waals surface area contributed by atoms with Crippen molar-refractivity contribution in [1.29, 1.82) is 0 Å². The van der Waals surface area contributed by atoms with E-state index >= 15 is 0 Å². The highest BCUT2D eigenvalue weighted by Gasteiger charge is 2.51. The fourth-order valence-electron chi connectivity index (χ4n) is 3.36. The highest BCUT2D eigenvalue weighted by Crippen LogP contribution is 2.29. The van der Waals surface area contributed by atoms with E-state index in [1.54, 1.807) is 0 Å². The van der Waals surface area contributed by atoms with Crippen molar-refractivity contribution in [3.05, 3.63) is 0 Å². The molecule has 10 N–H and O–H groups in total. The summed E-state index contributed by atoms with van der Waals surface area (Å²) in [6.07, 6.45) is -14.1. The predicted octanol–water partition coefficient (Wildman–Crippen LogP) is -5.82. The maximum absolute atomic E-state index is 11.7. The average molecular weight is 470 g/mol. The zero-order valence-corrected chi connectivity index (χ0v) is 17.1. The lowest BCUT2D eigenvalue weighted by atomic mass is 9.95. The van der Waals surface area contributed by atoms with Gasteiger partial charge in [-0.05, 0) is 0 Å². The molecule has 5 unspecified atom stereocenters. The molecule has 15 heteroatoms. The number of rotatable bonds is 9. The minimum Gasteiger partial charge on any atom is -0.480 e. The average Bonchev–Trinajstić information content (AvgIpc) is 2.74. The van der Waals surface area contributed by atoms with Crippen LogP contribution in [0, 0.1) is 0 Å². The van der Waals surface area contributed by atoms with Gasteiger partial charge >= 0.3 is 5.97 Å². The Morgan fingerprint density at radius 1 is 0.969 bits per heavy atom. The summed E-state index contributed by atoms with van der Waals surface area (Å²) in [6, 6.07) is -2.75. The third-order valence-electron chi connectivity index (χ3n) is 5.12. The summed E-state index contributed by atoms with van der Waals surface area (Å²) in [7, 11) is 0. The monoisotopic (exact) mass is 470 g/mol. The van der Waals surface area contributed by atoms with Gasteiger partial charge in [-0.15, -0.1) is 0 Å². The van der Waals surface area contributed by atoms with Crippen LogP contribution in [0.1, 0.15) is 6.92 Å². The van der Waals surface area contributed by atoms with Crippen LogP contribution in [0.4, 0.5) is 0 Å². The zero-order valence-electron chi connectivity index (χ0n) is 17.1. The first-order chi connectivity index (χ1) is 15.0. The molecule has 0 radical (unpaired) electrons. The Bertz CT molecular complexity index is 638. The van der Waals surface area contributed by atoms with Gasteiger partial charge in [-0.25, -0.2) is 0 Å². The molecule has 0 aromatic rings.